The number of esters is 1. The van der Waals surface area contributed by atoms with E-state index < -0.39 is 62.2 Å². The van der Waals surface area contributed by atoms with Crippen LogP contribution in [0.15, 0.2) is 49.9 Å². The zero-order valence-electron chi connectivity index (χ0n) is 23.1. The number of azide groups is 1. The Morgan fingerprint density at radius 1 is 1.31 bits per heavy atom. The van der Waals surface area contributed by atoms with Crippen molar-refractivity contribution in [1.82, 2.24) is 9.55 Å². The number of aromatic amines is 1. The van der Waals surface area contributed by atoms with E-state index >= 15 is 0 Å². The van der Waals surface area contributed by atoms with Gasteiger partial charge in [0.1, 0.15) is 24.6 Å². The SMILES string of the molecule is CCOC(=O)[C@H](CC(C)C)N=[P+]([O-])Oc1ccc(OC)cc1OC[C@@]1(N=[N+]=[N-])O[C@@H](n2ccc(=O)[nH]c2=O)[C@H](O)[C@@H]1O. The molecule has 1 aliphatic heterocycles. The Morgan fingerprint density at radius 2 is 2.05 bits per heavy atom. The van der Waals surface area contributed by atoms with Crippen molar-refractivity contribution in [1.29, 1.82) is 0 Å². The van der Waals surface area contributed by atoms with Gasteiger partial charge in [-0.25, -0.2) is 9.59 Å². The van der Waals surface area contributed by atoms with Crippen LogP contribution in [0.5, 0.6) is 17.2 Å². The van der Waals surface area contributed by atoms with Gasteiger partial charge in [0.05, 0.1) is 13.7 Å². The highest BCUT2D eigenvalue weighted by Crippen LogP contribution is 2.41. The predicted octanol–water partition coefficient (Wildman–Crippen LogP) is 1.09. The van der Waals surface area contributed by atoms with E-state index in [1.165, 1.54) is 25.3 Å². The molecule has 2 aromatic rings. The number of ether oxygens (including phenoxy) is 4. The maximum atomic E-state index is 12.8. The number of nitrogens with one attached hydrogen (secondary N) is 1. The zero-order valence-corrected chi connectivity index (χ0v) is 24.0. The summed E-state index contributed by atoms with van der Waals surface area (Å²) < 4.78 is 31.9. The predicted molar refractivity (Wildman–Crippen MR) is 144 cm³/mol. The first-order chi connectivity index (χ1) is 19.9. The second-order valence-corrected chi connectivity index (χ2v) is 10.3. The molecule has 42 heavy (non-hydrogen) atoms. The van der Waals surface area contributed by atoms with Crippen molar-refractivity contribution in [3.63, 3.8) is 0 Å². The van der Waals surface area contributed by atoms with Gasteiger partial charge in [0.25, 0.3) is 5.56 Å². The lowest BCUT2D eigenvalue weighted by Gasteiger charge is -2.26. The fraction of sp³-hybridized carbons (Fsp3) is 0.542. The fourth-order valence-electron chi connectivity index (χ4n) is 4.01. The number of aliphatic hydroxyl groups is 2. The van der Waals surface area contributed by atoms with E-state index in [2.05, 4.69) is 14.8 Å². The average Bonchev–Trinajstić information content (AvgIpc) is 3.17. The summed E-state index contributed by atoms with van der Waals surface area (Å²) in [6, 6.07) is 4.10. The summed E-state index contributed by atoms with van der Waals surface area (Å²) in [7, 11) is -1.44. The number of H-pyrrole nitrogens is 1. The van der Waals surface area contributed by atoms with Crippen LogP contribution in [0.2, 0.25) is 0 Å². The van der Waals surface area contributed by atoms with Crippen LogP contribution < -0.4 is 30.1 Å². The minimum absolute atomic E-state index is 0.0346. The molecule has 1 fully saturated rings. The molecule has 3 N–H and O–H groups in total. The lowest BCUT2D eigenvalue weighted by atomic mass is 10.1. The molecule has 18 heteroatoms. The highest BCUT2D eigenvalue weighted by atomic mass is 31.1. The normalized spacial score (nSPS) is 22.8. The van der Waals surface area contributed by atoms with Crippen LogP contribution in [0.25, 0.3) is 10.4 Å². The Morgan fingerprint density at radius 3 is 2.67 bits per heavy atom. The summed E-state index contributed by atoms with van der Waals surface area (Å²) in [6.45, 7) is 4.73. The molecule has 1 aliphatic rings. The van der Waals surface area contributed by atoms with Gasteiger partial charge in [-0.1, -0.05) is 23.7 Å². The number of rotatable bonds is 13. The topological polar surface area (TPSA) is 243 Å². The molecule has 1 aromatic heterocycles. The lowest BCUT2D eigenvalue weighted by molar-refractivity contribution is -0.170. The molecule has 6 atom stereocenters. The van der Waals surface area contributed by atoms with E-state index in [0.717, 1.165) is 16.8 Å². The van der Waals surface area contributed by atoms with Crippen LogP contribution in [0.4, 0.5) is 0 Å². The third-order valence-corrected chi connectivity index (χ3v) is 6.81. The summed E-state index contributed by atoms with van der Waals surface area (Å²) in [6.07, 6.45) is -3.97. The van der Waals surface area contributed by atoms with Gasteiger partial charge < -0.3 is 34.1 Å². The number of methoxy groups -OCH3 is 1. The first kappa shape index (κ1) is 32.5. The molecule has 0 spiro atoms. The van der Waals surface area contributed by atoms with Crippen molar-refractivity contribution >= 4 is 14.1 Å². The molecule has 0 saturated carbocycles. The van der Waals surface area contributed by atoms with Gasteiger partial charge in [-0.15, -0.1) is 0 Å². The van der Waals surface area contributed by atoms with E-state index in [1.807, 2.05) is 18.8 Å². The number of carbonyl (C=O) groups excluding carboxylic acids is 1. The van der Waals surface area contributed by atoms with Crippen LogP contribution in [0, 0.1) is 5.92 Å². The quantitative estimate of drug-likeness (QED) is 0.0953. The van der Waals surface area contributed by atoms with Gasteiger partial charge in [-0.05, 0) is 36.9 Å². The van der Waals surface area contributed by atoms with Crippen molar-refractivity contribution < 1.29 is 43.4 Å². The Labute approximate surface area is 239 Å². The Balaban J connectivity index is 1.91. The molecule has 1 aromatic carbocycles. The van der Waals surface area contributed by atoms with Crippen LogP contribution in [0.3, 0.4) is 0 Å². The first-order valence-electron chi connectivity index (χ1n) is 12.7. The minimum Gasteiger partial charge on any atom is -0.575 e. The molecule has 0 aliphatic carbocycles. The van der Waals surface area contributed by atoms with Gasteiger partial charge in [0, 0.05) is 23.2 Å². The smallest absolute Gasteiger partial charge is 0.395 e. The van der Waals surface area contributed by atoms with Gasteiger partial charge in [-0.3, -0.25) is 18.9 Å². The maximum Gasteiger partial charge on any atom is 0.395 e. The molecule has 228 valence electrons. The fourth-order valence-corrected chi connectivity index (χ4v) is 4.79. The van der Waals surface area contributed by atoms with Crippen molar-refractivity contribution in [2.75, 3.05) is 20.3 Å². The summed E-state index contributed by atoms with van der Waals surface area (Å²) in [4.78, 5) is 53.5. The number of nitrogens with zero attached hydrogens (tertiary/aromatic N) is 5. The number of carbonyl (C=O) groups is 1. The van der Waals surface area contributed by atoms with Crippen molar-refractivity contribution in [2.45, 2.75) is 57.4 Å². The summed E-state index contributed by atoms with van der Waals surface area (Å²) >= 11 is 0. The molecule has 0 amide bonds. The molecular weight excluding hydrogens is 579 g/mol. The second-order valence-electron chi connectivity index (χ2n) is 9.44. The van der Waals surface area contributed by atoms with E-state index in [9.17, 15) is 35.0 Å². The van der Waals surface area contributed by atoms with Gasteiger partial charge in [-0.2, -0.15) is 0 Å². The van der Waals surface area contributed by atoms with Crippen LogP contribution in [-0.2, 0) is 14.3 Å². The molecular formula is C24H31N6O11P. The first-order valence-corrected chi connectivity index (χ1v) is 13.8. The van der Waals surface area contributed by atoms with Crippen LogP contribution in [-0.4, -0.2) is 70.0 Å². The highest BCUT2D eigenvalue weighted by molar-refractivity contribution is 7.34. The number of aromatic nitrogens is 2. The van der Waals surface area contributed by atoms with Crippen molar-refractivity contribution in [2.24, 2.45) is 15.8 Å². The standard InChI is InChI=1S/C24H31N6O11P/c1-5-38-22(34)15(10-13(2)3)27-42(36)41-16-7-6-14(37-4)11-17(16)39-12-24(28-29-25)20(33)19(32)21(40-24)30-9-8-18(31)26-23(30)35/h6-9,11,13,15,19-21,32-33H,5,10,12H2,1-4H3,(H,26,31,35)/t15-,19+,20-,21+,24+/m0/s1. The lowest BCUT2D eigenvalue weighted by Crippen LogP contribution is -2.46. The van der Waals surface area contributed by atoms with Crippen molar-refractivity contribution in [3.05, 3.63) is 61.7 Å². The number of aliphatic hydroxyl groups excluding tert-OH is 2. The maximum absolute atomic E-state index is 12.8. The van der Waals surface area contributed by atoms with Crippen LogP contribution in [0.1, 0.15) is 33.4 Å². The number of hydrogen-bond donors (Lipinski definition) is 3. The zero-order chi connectivity index (χ0) is 31.0. The summed E-state index contributed by atoms with van der Waals surface area (Å²) in [5.41, 5.74) is 5.28. The Bertz CT molecular complexity index is 1460. The third kappa shape index (κ3) is 7.64. The highest BCUT2D eigenvalue weighted by Gasteiger charge is 2.56. The van der Waals surface area contributed by atoms with Crippen LogP contribution >= 0.6 is 8.17 Å². The largest absolute Gasteiger partial charge is 0.575 e. The van der Waals surface area contributed by atoms with Gasteiger partial charge in [0.15, 0.2) is 18.0 Å². The van der Waals surface area contributed by atoms with E-state index in [1.54, 1.807) is 6.92 Å². The monoisotopic (exact) mass is 610 g/mol. The van der Waals surface area contributed by atoms with E-state index in [0.29, 0.717) is 0 Å². The second kappa shape index (κ2) is 14.3. The molecule has 1 unspecified atom stereocenters. The summed E-state index contributed by atoms with van der Waals surface area (Å²) in [5, 5.41) is 25.0. The summed E-state index contributed by atoms with van der Waals surface area (Å²) in [5.74, 6) is -0.579. The molecule has 2 heterocycles. The number of benzene rings is 1. The minimum atomic E-state index is -2.82. The van der Waals surface area contributed by atoms with Gasteiger partial charge >= 0.3 is 19.8 Å². The molecule has 17 nitrogen and oxygen atoms in total. The van der Waals surface area contributed by atoms with E-state index in [4.69, 9.17) is 23.5 Å². The molecule has 1 saturated heterocycles. The number of hydrogen-bond acceptors (Lipinski definition) is 13. The average molecular weight is 611 g/mol. The van der Waals surface area contributed by atoms with Gasteiger partial charge in [0.2, 0.25) is 11.5 Å². The Kier molecular flexibility index (Phi) is 11.1. The van der Waals surface area contributed by atoms with Crippen molar-refractivity contribution in [3.8, 4) is 17.2 Å². The Hall–Kier alpha value is -3.98. The molecule has 3 rings (SSSR count). The molecule has 0 radical (unpaired) electrons. The molecule has 0 bridgehead atoms. The third-order valence-electron chi connectivity index (χ3n) is 5.99. The van der Waals surface area contributed by atoms with E-state index in [-0.39, 0.29) is 36.2 Å².